The van der Waals surface area contributed by atoms with E-state index in [-0.39, 0.29) is 24.2 Å². The maximum absolute atomic E-state index is 15.3. The molecule has 0 atom stereocenters. The number of nitrogens with one attached hydrogen (secondary N) is 1. The van der Waals surface area contributed by atoms with Crippen LogP contribution in [0.3, 0.4) is 0 Å². The highest BCUT2D eigenvalue weighted by Crippen LogP contribution is 2.55. The summed E-state index contributed by atoms with van der Waals surface area (Å²) < 4.78 is 20.6. The number of amides is 1. The fraction of sp³-hybridized carbons (Fsp3) is 0.542. The van der Waals surface area contributed by atoms with Crippen molar-refractivity contribution in [2.75, 3.05) is 41.4 Å². The molecular formula is C24H28FN5O3. The molecule has 2 saturated carbocycles. The Morgan fingerprint density at radius 3 is 2.61 bits per heavy atom. The number of carbonyl (C=O) groups excluding carboxylic acids is 1. The molecule has 2 N–H and O–H groups in total. The van der Waals surface area contributed by atoms with Gasteiger partial charge in [0.25, 0.3) is 0 Å². The number of morpholine rings is 1. The summed E-state index contributed by atoms with van der Waals surface area (Å²) in [5.74, 6) is 0.938. The highest BCUT2D eigenvalue weighted by atomic mass is 19.1. The lowest BCUT2D eigenvalue weighted by Gasteiger charge is -2.29. The summed E-state index contributed by atoms with van der Waals surface area (Å²) in [4.78, 5) is 26.6. The van der Waals surface area contributed by atoms with Crippen LogP contribution in [0.4, 0.5) is 27.4 Å². The molecule has 9 heteroatoms. The second-order valence-corrected chi connectivity index (χ2v) is 9.43. The number of halogens is 1. The minimum atomic E-state index is -0.695. The van der Waals surface area contributed by atoms with E-state index in [1.807, 2.05) is 4.90 Å². The third kappa shape index (κ3) is 3.36. The van der Waals surface area contributed by atoms with Gasteiger partial charge in [0.1, 0.15) is 24.1 Å². The number of hydrogen-bond donors (Lipinski definition) is 2. The molecule has 1 aromatic heterocycles. The van der Waals surface area contributed by atoms with Gasteiger partial charge in [0, 0.05) is 25.2 Å². The third-order valence-electron chi connectivity index (χ3n) is 7.30. The van der Waals surface area contributed by atoms with E-state index in [0.717, 1.165) is 44.1 Å². The molecule has 2 aromatic rings. The molecule has 6 rings (SSSR count). The van der Waals surface area contributed by atoms with Gasteiger partial charge in [-0.05, 0) is 37.8 Å². The quantitative estimate of drug-likeness (QED) is 0.719. The first-order valence-corrected chi connectivity index (χ1v) is 11.9. The Labute approximate surface area is 191 Å². The van der Waals surface area contributed by atoms with Gasteiger partial charge < -0.3 is 20.1 Å². The van der Waals surface area contributed by atoms with Crippen LogP contribution < -0.4 is 15.1 Å². The van der Waals surface area contributed by atoms with Gasteiger partial charge in [0.05, 0.1) is 35.6 Å². The van der Waals surface area contributed by atoms with Crippen molar-refractivity contribution in [3.05, 3.63) is 35.4 Å². The largest absolute Gasteiger partial charge is 0.388 e. The molecule has 3 fully saturated rings. The number of fused-ring (bicyclic) bond motifs is 2. The highest BCUT2D eigenvalue weighted by molar-refractivity contribution is 6.13. The van der Waals surface area contributed by atoms with Crippen LogP contribution in [0.15, 0.2) is 18.2 Å². The Morgan fingerprint density at radius 2 is 1.94 bits per heavy atom. The van der Waals surface area contributed by atoms with Crippen LogP contribution in [0, 0.1) is 5.82 Å². The lowest BCUT2D eigenvalue weighted by Crippen LogP contribution is -2.37. The third-order valence-corrected chi connectivity index (χ3v) is 7.30. The second-order valence-electron chi connectivity index (χ2n) is 9.43. The van der Waals surface area contributed by atoms with Crippen LogP contribution in [0.2, 0.25) is 0 Å². The van der Waals surface area contributed by atoms with Crippen molar-refractivity contribution in [2.45, 2.75) is 56.6 Å². The summed E-state index contributed by atoms with van der Waals surface area (Å²) in [6.07, 6.45) is 5.48. The maximum Gasteiger partial charge on any atom is 0.243 e. The van der Waals surface area contributed by atoms with Gasteiger partial charge in [-0.25, -0.2) is 14.4 Å². The van der Waals surface area contributed by atoms with E-state index in [9.17, 15) is 9.90 Å². The van der Waals surface area contributed by atoms with Crippen molar-refractivity contribution in [3.8, 4) is 0 Å². The van der Waals surface area contributed by atoms with Gasteiger partial charge >= 0.3 is 0 Å². The zero-order chi connectivity index (χ0) is 22.6. The van der Waals surface area contributed by atoms with Crippen molar-refractivity contribution < 1.29 is 19.0 Å². The summed E-state index contributed by atoms with van der Waals surface area (Å²) in [5.41, 5.74) is 1.09. The van der Waals surface area contributed by atoms with Crippen LogP contribution in [-0.2, 0) is 21.6 Å². The molecule has 33 heavy (non-hydrogen) atoms. The lowest BCUT2D eigenvalue weighted by molar-refractivity contribution is -0.122. The minimum Gasteiger partial charge on any atom is -0.388 e. The summed E-state index contributed by atoms with van der Waals surface area (Å²) in [5, 5.41) is 13.3. The first-order valence-electron chi connectivity index (χ1n) is 11.9. The average Bonchev–Trinajstić information content (AvgIpc) is 3.44. The number of benzene rings is 1. The van der Waals surface area contributed by atoms with Gasteiger partial charge in [-0.15, -0.1) is 0 Å². The normalized spacial score (nSPS) is 21.7. The van der Waals surface area contributed by atoms with E-state index in [0.29, 0.717) is 55.4 Å². The summed E-state index contributed by atoms with van der Waals surface area (Å²) >= 11 is 0. The number of carbonyl (C=O) groups is 1. The molecule has 2 aliphatic heterocycles. The molecule has 1 aromatic carbocycles. The van der Waals surface area contributed by atoms with Crippen LogP contribution in [0.1, 0.15) is 49.9 Å². The number of hydrogen-bond acceptors (Lipinski definition) is 7. The molecular weight excluding hydrogens is 425 g/mol. The van der Waals surface area contributed by atoms with Crippen molar-refractivity contribution in [1.29, 1.82) is 0 Å². The molecule has 1 spiro atoms. The van der Waals surface area contributed by atoms with Crippen LogP contribution >= 0.6 is 0 Å². The maximum atomic E-state index is 15.3. The van der Waals surface area contributed by atoms with Crippen molar-refractivity contribution in [1.82, 2.24) is 9.97 Å². The first kappa shape index (κ1) is 20.8. The van der Waals surface area contributed by atoms with E-state index >= 15 is 4.39 Å². The molecule has 174 valence electrons. The van der Waals surface area contributed by atoms with Crippen molar-refractivity contribution >= 4 is 28.9 Å². The van der Waals surface area contributed by atoms with E-state index < -0.39 is 5.41 Å². The van der Waals surface area contributed by atoms with Crippen LogP contribution in [-0.4, -0.2) is 53.3 Å². The topological polar surface area (TPSA) is 90.8 Å². The highest BCUT2D eigenvalue weighted by Gasteiger charge is 2.56. The van der Waals surface area contributed by atoms with E-state index in [2.05, 4.69) is 15.3 Å². The predicted octanol–water partition coefficient (Wildman–Crippen LogP) is 3.01. The van der Waals surface area contributed by atoms with E-state index in [1.165, 1.54) is 6.07 Å². The van der Waals surface area contributed by atoms with Crippen LogP contribution in [0.25, 0.3) is 0 Å². The summed E-state index contributed by atoms with van der Waals surface area (Å²) in [6, 6.07) is 5.29. The van der Waals surface area contributed by atoms with Gasteiger partial charge in [0.15, 0.2) is 5.82 Å². The number of aliphatic hydroxyl groups excluding tert-OH is 1. The molecule has 3 heterocycles. The Kier molecular flexibility index (Phi) is 4.99. The standard InChI is InChI=1S/C24H28FN5O3/c25-17-13-16(5-6-18(17)29-9-11-33-12-10-29)30-22-20(24(23(30)32)7-1-2-8-24)21(26-15-3-4-15)27-19(14-31)28-22/h5-6,13,15,31H,1-4,7-12,14H2,(H,26,27,28). The van der Waals surface area contributed by atoms with Gasteiger partial charge in [-0.1, -0.05) is 12.8 Å². The number of nitrogens with zero attached hydrogens (tertiary/aromatic N) is 4. The van der Waals surface area contributed by atoms with Crippen LogP contribution in [0.5, 0.6) is 0 Å². The van der Waals surface area contributed by atoms with Crippen molar-refractivity contribution in [2.24, 2.45) is 0 Å². The fourth-order valence-corrected chi connectivity index (χ4v) is 5.49. The van der Waals surface area contributed by atoms with Crippen molar-refractivity contribution in [3.63, 3.8) is 0 Å². The Hall–Kier alpha value is -2.78. The molecule has 0 radical (unpaired) electrons. The molecule has 0 bridgehead atoms. The SMILES string of the molecule is O=C1N(c2ccc(N3CCOCC3)c(F)c2)c2nc(CO)nc(NC3CC3)c2C12CCCC2. The number of aromatic nitrogens is 2. The molecule has 0 unspecified atom stereocenters. The number of ether oxygens (including phenoxy) is 1. The van der Waals surface area contributed by atoms with Gasteiger partial charge in [-0.2, -0.15) is 0 Å². The van der Waals surface area contributed by atoms with E-state index in [1.54, 1.807) is 17.0 Å². The van der Waals surface area contributed by atoms with Gasteiger partial charge in [0.2, 0.25) is 5.91 Å². The number of rotatable bonds is 5. The summed E-state index contributed by atoms with van der Waals surface area (Å²) in [7, 11) is 0. The average molecular weight is 454 g/mol. The first-order chi connectivity index (χ1) is 16.1. The number of anilines is 4. The predicted molar refractivity (Wildman–Crippen MR) is 121 cm³/mol. The molecule has 8 nitrogen and oxygen atoms in total. The lowest BCUT2D eigenvalue weighted by atomic mass is 9.80. The number of aliphatic hydroxyl groups is 1. The molecule has 2 aliphatic carbocycles. The minimum absolute atomic E-state index is 0.0724. The summed E-state index contributed by atoms with van der Waals surface area (Å²) in [6.45, 7) is 2.08. The molecule has 1 saturated heterocycles. The van der Waals surface area contributed by atoms with E-state index in [4.69, 9.17) is 4.74 Å². The Balaban J connectivity index is 1.46. The zero-order valence-electron chi connectivity index (χ0n) is 18.5. The fourth-order valence-electron chi connectivity index (χ4n) is 5.49. The van der Waals surface area contributed by atoms with Gasteiger partial charge in [-0.3, -0.25) is 9.69 Å². The molecule has 1 amide bonds. The monoisotopic (exact) mass is 453 g/mol. The zero-order valence-corrected chi connectivity index (χ0v) is 18.5. The smallest absolute Gasteiger partial charge is 0.243 e. The molecule has 4 aliphatic rings. The Bertz CT molecular complexity index is 1090. The second kappa shape index (κ2) is 7.92. The Morgan fingerprint density at radius 1 is 1.18 bits per heavy atom.